The maximum Gasteiger partial charge on any atom is 0.288 e. The van der Waals surface area contributed by atoms with E-state index in [0.717, 1.165) is 25.7 Å². The van der Waals surface area contributed by atoms with Crippen LogP contribution in [0.2, 0.25) is 0 Å². The maximum atomic E-state index is 12.6. The van der Waals surface area contributed by atoms with E-state index in [-0.39, 0.29) is 17.7 Å². The Balaban J connectivity index is 1.64. The van der Waals surface area contributed by atoms with Crippen LogP contribution in [-0.2, 0) is 9.59 Å². The molecule has 2 aliphatic rings. The molecule has 2 fully saturated rings. The lowest BCUT2D eigenvalue weighted by molar-refractivity contribution is -0.139. The number of nitrogens with zero attached hydrogens (tertiary/aromatic N) is 1. The molecule has 0 bridgehead atoms. The van der Waals surface area contributed by atoms with Crippen molar-refractivity contribution in [1.29, 1.82) is 0 Å². The lowest BCUT2D eigenvalue weighted by atomic mass is 10.1. The summed E-state index contributed by atoms with van der Waals surface area (Å²) in [5.74, 6) is -1.54. The second-order valence-corrected chi connectivity index (χ2v) is 8.26. The third-order valence-corrected chi connectivity index (χ3v) is 6.22. The molecular weight excluding hydrogens is 366 g/mol. The Morgan fingerprint density at radius 2 is 2.04 bits per heavy atom. The number of alkyl halides is 2. The van der Waals surface area contributed by atoms with Gasteiger partial charge in [-0.15, -0.1) is 11.8 Å². The zero-order valence-corrected chi connectivity index (χ0v) is 15.3. The van der Waals surface area contributed by atoms with Crippen LogP contribution < -0.4 is 5.32 Å². The molecule has 1 unspecified atom stereocenters. The molecule has 25 heavy (non-hydrogen) atoms. The molecule has 4 nitrogen and oxygen atoms in total. The van der Waals surface area contributed by atoms with Crippen molar-refractivity contribution in [3.8, 4) is 0 Å². The summed E-state index contributed by atoms with van der Waals surface area (Å²) in [7, 11) is 0. The van der Waals surface area contributed by atoms with Crippen molar-refractivity contribution < 1.29 is 18.4 Å². The van der Waals surface area contributed by atoms with Crippen molar-refractivity contribution in [2.75, 3.05) is 16.9 Å². The van der Waals surface area contributed by atoms with Crippen LogP contribution in [0.1, 0.15) is 25.7 Å². The van der Waals surface area contributed by atoms with Crippen molar-refractivity contribution in [1.82, 2.24) is 4.90 Å². The van der Waals surface area contributed by atoms with Gasteiger partial charge >= 0.3 is 0 Å². The highest BCUT2D eigenvalue weighted by molar-refractivity contribution is 7.99. The fraction of sp³-hybridized carbons (Fsp3) is 0.529. The summed E-state index contributed by atoms with van der Waals surface area (Å²) >= 11 is 2.01. The second-order valence-electron chi connectivity index (χ2n) is 6.20. The molecule has 1 aliphatic carbocycles. The Kier molecular flexibility index (Phi) is 6.22. The molecule has 1 aromatic rings. The zero-order valence-electron chi connectivity index (χ0n) is 13.6. The number of halogens is 2. The van der Waals surface area contributed by atoms with Gasteiger partial charge in [0.2, 0.25) is 11.8 Å². The fourth-order valence-electron chi connectivity index (χ4n) is 3.26. The molecule has 0 aromatic heterocycles. The average Bonchev–Trinajstić information content (AvgIpc) is 3.26. The van der Waals surface area contributed by atoms with Crippen LogP contribution in [0.3, 0.4) is 0 Å². The number of benzene rings is 1. The van der Waals surface area contributed by atoms with Gasteiger partial charge in [-0.05, 0) is 31.0 Å². The molecule has 1 heterocycles. The fourth-order valence-corrected chi connectivity index (χ4v) is 4.98. The van der Waals surface area contributed by atoms with Crippen molar-refractivity contribution in [2.45, 2.75) is 42.4 Å². The van der Waals surface area contributed by atoms with Crippen molar-refractivity contribution in [2.24, 2.45) is 5.92 Å². The van der Waals surface area contributed by atoms with Gasteiger partial charge in [0.15, 0.2) is 0 Å². The predicted molar refractivity (Wildman–Crippen MR) is 96.8 cm³/mol. The Bertz CT molecular complexity index is 639. The highest BCUT2D eigenvalue weighted by atomic mass is 32.2. The van der Waals surface area contributed by atoms with Crippen LogP contribution in [0, 0.1) is 5.92 Å². The van der Waals surface area contributed by atoms with Crippen molar-refractivity contribution in [3.63, 3.8) is 0 Å². The van der Waals surface area contributed by atoms with Gasteiger partial charge in [-0.2, -0.15) is 8.78 Å². The highest BCUT2D eigenvalue weighted by Crippen LogP contribution is 2.31. The summed E-state index contributed by atoms with van der Waals surface area (Å²) in [6.45, 7) is 0. The minimum atomic E-state index is -2.50. The first-order valence-electron chi connectivity index (χ1n) is 8.28. The van der Waals surface area contributed by atoms with Gasteiger partial charge in [0.05, 0.1) is 5.88 Å². The molecule has 0 spiro atoms. The minimum absolute atomic E-state index is 0.0415. The third kappa shape index (κ3) is 4.67. The summed E-state index contributed by atoms with van der Waals surface area (Å²) in [6, 6.07) is 5.90. The molecule has 1 atom stereocenters. The first-order valence-corrected chi connectivity index (χ1v) is 10.3. The number of hydrogen-bond donors (Lipinski definition) is 1. The molecule has 3 rings (SSSR count). The summed E-state index contributed by atoms with van der Waals surface area (Å²) in [6.07, 6.45) is 3.95. The molecule has 0 radical (unpaired) electrons. The second kappa shape index (κ2) is 8.40. The van der Waals surface area contributed by atoms with Gasteiger partial charge in [-0.3, -0.25) is 9.59 Å². The van der Waals surface area contributed by atoms with Crippen LogP contribution >= 0.6 is 23.5 Å². The Morgan fingerprint density at radius 1 is 1.28 bits per heavy atom. The van der Waals surface area contributed by atoms with E-state index in [9.17, 15) is 18.4 Å². The average molecular weight is 386 g/mol. The molecule has 1 aliphatic heterocycles. The van der Waals surface area contributed by atoms with Crippen molar-refractivity contribution in [3.05, 3.63) is 24.3 Å². The molecule has 1 saturated carbocycles. The third-order valence-electron chi connectivity index (χ3n) is 4.50. The van der Waals surface area contributed by atoms with Crippen LogP contribution in [0.25, 0.3) is 0 Å². The molecule has 1 saturated heterocycles. The lowest BCUT2D eigenvalue weighted by Crippen LogP contribution is -2.46. The van der Waals surface area contributed by atoms with Crippen LogP contribution in [0.15, 0.2) is 29.2 Å². The Labute approximate surface area is 154 Å². The molecule has 136 valence electrons. The Morgan fingerprint density at radius 3 is 2.76 bits per heavy atom. The molecule has 1 aromatic carbocycles. The number of amides is 2. The van der Waals surface area contributed by atoms with E-state index >= 15 is 0 Å². The van der Waals surface area contributed by atoms with Crippen LogP contribution in [-0.4, -0.2) is 40.1 Å². The van der Waals surface area contributed by atoms with Gasteiger partial charge < -0.3 is 10.2 Å². The van der Waals surface area contributed by atoms with Gasteiger partial charge in [0.25, 0.3) is 5.76 Å². The van der Waals surface area contributed by atoms with Gasteiger partial charge in [-0.25, -0.2) is 0 Å². The lowest BCUT2D eigenvalue weighted by Gasteiger charge is -2.25. The smallest absolute Gasteiger partial charge is 0.288 e. The monoisotopic (exact) mass is 386 g/mol. The predicted octanol–water partition coefficient (Wildman–Crippen LogP) is 4.03. The number of hydrogen-bond acceptors (Lipinski definition) is 4. The maximum absolute atomic E-state index is 12.6. The van der Waals surface area contributed by atoms with Crippen LogP contribution in [0.4, 0.5) is 14.5 Å². The quantitative estimate of drug-likeness (QED) is 0.776. The van der Waals surface area contributed by atoms with Crippen molar-refractivity contribution >= 4 is 41.0 Å². The van der Waals surface area contributed by atoms with E-state index in [2.05, 4.69) is 5.32 Å². The van der Waals surface area contributed by atoms with E-state index in [1.54, 1.807) is 34.9 Å². The van der Waals surface area contributed by atoms with E-state index < -0.39 is 11.8 Å². The topological polar surface area (TPSA) is 49.4 Å². The zero-order chi connectivity index (χ0) is 17.8. The first-order chi connectivity index (χ1) is 12.0. The normalized spacial score (nSPS) is 21.1. The van der Waals surface area contributed by atoms with E-state index in [0.29, 0.717) is 34.0 Å². The summed E-state index contributed by atoms with van der Waals surface area (Å²) in [5, 5.41) is 2.77. The Hall–Kier alpha value is -1.28. The number of carbonyl (C=O) groups is 2. The number of thioether (sulfide) groups is 2. The van der Waals surface area contributed by atoms with Gasteiger partial charge in [-0.1, -0.05) is 30.7 Å². The van der Waals surface area contributed by atoms with Gasteiger partial charge in [0.1, 0.15) is 6.04 Å². The first kappa shape index (κ1) is 18.5. The van der Waals surface area contributed by atoms with Crippen LogP contribution in [0.5, 0.6) is 0 Å². The number of anilines is 1. The number of nitrogens with one attached hydrogen (secondary N) is 1. The standard InChI is InChI=1S/C17H20F2N2O2S2/c18-17(19)25-13-7-3-6-12(8-13)20-15(22)14-9-24-10-21(14)16(23)11-4-1-2-5-11/h3,6-8,11,14,17H,1-2,4-5,9-10H2,(H,20,22). The molecule has 1 N–H and O–H groups in total. The van der Waals surface area contributed by atoms with E-state index in [4.69, 9.17) is 0 Å². The number of carbonyl (C=O) groups excluding carboxylic acids is 2. The SMILES string of the molecule is O=C(Nc1cccc(SC(F)F)c1)C1CSCN1C(=O)C1CCCC1. The summed E-state index contributed by atoms with van der Waals surface area (Å²) in [5.41, 5.74) is 0.473. The summed E-state index contributed by atoms with van der Waals surface area (Å²) < 4.78 is 25.0. The van der Waals surface area contributed by atoms with E-state index in [1.807, 2.05) is 0 Å². The number of rotatable bonds is 5. The van der Waals surface area contributed by atoms with E-state index in [1.165, 1.54) is 6.07 Å². The summed E-state index contributed by atoms with van der Waals surface area (Å²) in [4.78, 5) is 27.3. The molecule has 2 amide bonds. The largest absolute Gasteiger partial charge is 0.324 e. The molecule has 8 heteroatoms. The minimum Gasteiger partial charge on any atom is -0.324 e. The van der Waals surface area contributed by atoms with Gasteiger partial charge in [0, 0.05) is 22.3 Å². The molecular formula is C17H20F2N2O2S2. The highest BCUT2D eigenvalue weighted by Gasteiger charge is 2.38.